The van der Waals surface area contributed by atoms with Gasteiger partial charge in [0.1, 0.15) is 28.9 Å². The molecule has 3 aromatic rings. The first-order valence-corrected chi connectivity index (χ1v) is 10.8. The third-order valence-electron chi connectivity index (χ3n) is 5.83. The van der Waals surface area contributed by atoms with Gasteiger partial charge in [0, 0.05) is 18.5 Å². The molecule has 3 N–H and O–H groups in total. The Hall–Kier alpha value is -3.83. The highest BCUT2D eigenvalue weighted by atomic mass is 16.5. The van der Waals surface area contributed by atoms with Crippen LogP contribution in [-0.2, 0) is 11.3 Å². The molecule has 0 saturated carbocycles. The van der Waals surface area contributed by atoms with Gasteiger partial charge in [0.25, 0.3) is 5.91 Å². The zero-order chi connectivity index (χ0) is 23.6. The van der Waals surface area contributed by atoms with Crippen molar-refractivity contribution < 1.29 is 14.3 Å². The molecule has 1 saturated heterocycles. The number of aromatic nitrogens is 2. The van der Waals surface area contributed by atoms with E-state index in [-0.39, 0.29) is 17.6 Å². The molecule has 1 amide bonds. The highest BCUT2D eigenvalue weighted by Crippen LogP contribution is 2.36. The summed E-state index contributed by atoms with van der Waals surface area (Å²) in [6.07, 6.45) is 0.772. The predicted molar refractivity (Wildman–Crippen MR) is 125 cm³/mol. The summed E-state index contributed by atoms with van der Waals surface area (Å²) in [6, 6.07) is 16.8. The fourth-order valence-corrected chi connectivity index (χ4v) is 4.09. The van der Waals surface area contributed by atoms with Crippen molar-refractivity contribution in [1.29, 1.82) is 5.26 Å². The van der Waals surface area contributed by atoms with Gasteiger partial charge in [0.05, 0.1) is 30.9 Å². The van der Waals surface area contributed by atoms with Gasteiger partial charge in [-0.15, -0.1) is 0 Å². The van der Waals surface area contributed by atoms with Crippen LogP contribution in [0.15, 0.2) is 48.5 Å². The molecule has 0 spiro atoms. The first kappa shape index (κ1) is 22.4. The van der Waals surface area contributed by atoms with Crippen LogP contribution in [0.5, 0.6) is 5.75 Å². The molecule has 8 heteroatoms. The number of anilines is 1. The number of nitrogen functional groups attached to an aromatic ring is 1. The van der Waals surface area contributed by atoms with E-state index in [9.17, 15) is 10.1 Å². The molecule has 8 nitrogen and oxygen atoms in total. The Labute approximate surface area is 192 Å². The molecule has 2 heterocycles. The summed E-state index contributed by atoms with van der Waals surface area (Å²) in [5.41, 5.74) is 9.12. The minimum atomic E-state index is -0.244. The predicted octanol–water partition coefficient (Wildman–Crippen LogP) is 3.68. The Morgan fingerprint density at radius 2 is 2.03 bits per heavy atom. The first-order valence-electron chi connectivity index (χ1n) is 10.8. The van der Waals surface area contributed by atoms with Crippen molar-refractivity contribution in [2.45, 2.75) is 38.5 Å². The molecular formula is C25H27N5O3. The van der Waals surface area contributed by atoms with Crippen LogP contribution in [0, 0.1) is 11.3 Å². The molecule has 0 radical (unpaired) electrons. The maximum Gasteiger partial charge on any atom is 0.255 e. The highest BCUT2D eigenvalue weighted by molar-refractivity contribution is 5.96. The molecule has 0 bridgehead atoms. The Kier molecular flexibility index (Phi) is 6.07. The third-order valence-corrected chi connectivity index (χ3v) is 5.83. The number of nitrogens with zero attached hydrogens (tertiary/aromatic N) is 3. The average Bonchev–Trinajstić information content (AvgIpc) is 3.35. The van der Waals surface area contributed by atoms with E-state index in [2.05, 4.69) is 16.5 Å². The lowest BCUT2D eigenvalue weighted by Gasteiger charge is -2.16. The molecule has 0 aliphatic carbocycles. The standard InChI is InChI=1S/C25H27N5O3/c1-25(2)12-18(15-33-25)30-23(27)20(13-26)22(29-30)17-10-8-16(9-11-17)14-28-24(31)19-6-4-5-7-21(19)32-3/h4-11,18H,12,14-15,27H2,1-3H3,(H,28,31). The van der Waals surface area contributed by atoms with Crippen molar-refractivity contribution in [1.82, 2.24) is 15.1 Å². The van der Waals surface area contributed by atoms with Gasteiger partial charge in [-0.3, -0.25) is 4.79 Å². The van der Waals surface area contributed by atoms with Crippen LogP contribution < -0.4 is 15.8 Å². The van der Waals surface area contributed by atoms with Crippen molar-refractivity contribution in [2.24, 2.45) is 0 Å². The van der Waals surface area contributed by atoms with Gasteiger partial charge in [0.2, 0.25) is 0 Å². The largest absolute Gasteiger partial charge is 0.496 e. The smallest absolute Gasteiger partial charge is 0.255 e. The molecule has 170 valence electrons. The molecule has 33 heavy (non-hydrogen) atoms. The fourth-order valence-electron chi connectivity index (χ4n) is 4.09. The Balaban J connectivity index is 1.50. The summed E-state index contributed by atoms with van der Waals surface area (Å²) < 4.78 is 12.8. The number of benzene rings is 2. The molecule has 1 aliphatic rings. The van der Waals surface area contributed by atoms with Crippen LogP contribution in [0.4, 0.5) is 5.82 Å². The molecule has 1 unspecified atom stereocenters. The Morgan fingerprint density at radius 1 is 1.30 bits per heavy atom. The van der Waals surface area contributed by atoms with Gasteiger partial charge in [-0.25, -0.2) is 4.68 Å². The molecular weight excluding hydrogens is 418 g/mol. The lowest BCUT2D eigenvalue weighted by atomic mass is 10.0. The number of hydrogen-bond donors (Lipinski definition) is 2. The summed E-state index contributed by atoms with van der Waals surface area (Å²) in [5, 5.41) is 17.3. The number of para-hydroxylation sites is 1. The lowest BCUT2D eigenvalue weighted by molar-refractivity contribution is 0.0351. The number of nitrogens with one attached hydrogen (secondary N) is 1. The van der Waals surface area contributed by atoms with Crippen LogP contribution in [0.2, 0.25) is 0 Å². The van der Waals surface area contributed by atoms with Crippen LogP contribution in [-0.4, -0.2) is 35.0 Å². The lowest BCUT2D eigenvalue weighted by Crippen LogP contribution is -2.23. The molecule has 1 aromatic heterocycles. The number of ether oxygens (including phenoxy) is 2. The van der Waals surface area contributed by atoms with Gasteiger partial charge < -0.3 is 20.5 Å². The van der Waals surface area contributed by atoms with Crippen LogP contribution in [0.1, 0.15) is 47.8 Å². The van der Waals surface area contributed by atoms with Crippen LogP contribution in [0.3, 0.4) is 0 Å². The fraction of sp³-hybridized carbons (Fsp3) is 0.320. The number of rotatable bonds is 6. The summed E-state index contributed by atoms with van der Waals surface area (Å²) in [5.74, 6) is 0.669. The van der Waals surface area contributed by atoms with E-state index in [0.717, 1.165) is 17.5 Å². The van der Waals surface area contributed by atoms with E-state index >= 15 is 0 Å². The van der Waals surface area contributed by atoms with Gasteiger partial charge in [-0.2, -0.15) is 10.4 Å². The number of nitrogens with two attached hydrogens (primary N) is 1. The SMILES string of the molecule is COc1ccccc1C(=O)NCc1ccc(-c2nn(C3COC(C)(C)C3)c(N)c2C#N)cc1. The zero-order valence-electron chi connectivity index (χ0n) is 19.0. The van der Waals surface area contributed by atoms with Crippen molar-refractivity contribution in [3.8, 4) is 23.1 Å². The second-order valence-electron chi connectivity index (χ2n) is 8.67. The number of amides is 1. The minimum absolute atomic E-state index is 0.00897. The van der Waals surface area contributed by atoms with Crippen molar-refractivity contribution in [3.05, 3.63) is 65.2 Å². The Morgan fingerprint density at radius 3 is 2.67 bits per heavy atom. The molecule has 4 rings (SSSR count). The maximum atomic E-state index is 12.5. The quantitative estimate of drug-likeness (QED) is 0.598. The van der Waals surface area contributed by atoms with Gasteiger partial charge >= 0.3 is 0 Å². The number of nitriles is 1. The topological polar surface area (TPSA) is 115 Å². The van der Waals surface area contributed by atoms with E-state index in [1.165, 1.54) is 7.11 Å². The average molecular weight is 446 g/mol. The normalized spacial score (nSPS) is 16.8. The molecule has 2 aromatic carbocycles. The molecule has 1 atom stereocenters. The van der Waals surface area contributed by atoms with E-state index < -0.39 is 0 Å². The van der Waals surface area contributed by atoms with Crippen LogP contribution in [0.25, 0.3) is 11.3 Å². The summed E-state index contributed by atoms with van der Waals surface area (Å²) in [4.78, 5) is 12.5. The van der Waals surface area contributed by atoms with Crippen molar-refractivity contribution >= 4 is 11.7 Å². The molecule has 1 aliphatic heterocycles. The van der Waals surface area contributed by atoms with E-state index in [1.807, 2.05) is 44.2 Å². The zero-order valence-corrected chi connectivity index (χ0v) is 19.0. The summed E-state index contributed by atoms with van der Waals surface area (Å²) in [6.45, 7) is 4.93. The van der Waals surface area contributed by atoms with Gasteiger partial charge in [-0.1, -0.05) is 36.4 Å². The minimum Gasteiger partial charge on any atom is -0.496 e. The van der Waals surface area contributed by atoms with Crippen LogP contribution >= 0.6 is 0 Å². The van der Waals surface area contributed by atoms with Gasteiger partial charge in [0.15, 0.2) is 0 Å². The van der Waals surface area contributed by atoms with E-state index in [0.29, 0.717) is 41.5 Å². The highest BCUT2D eigenvalue weighted by Gasteiger charge is 2.35. The second-order valence-corrected chi connectivity index (χ2v) is 8.67. The third kappa shape index (κ3) is 4.54. The number of carbonyl (C=O) groups excluding carboxylic acids is 1. The second kappa shape index (κ2) is 8.96. The number of methoxy groups -OCH3 is 1. The summed E-state index contributed by atoms with van der Waals surface area (Å²) >= 11 is 0. The van der Waals surface area contributed by atoms with E-state index in [1.54, 1.807) is 22.9 Å². The first-order chi connectivity index (χ1) is 15.8. The monoisotopic (exact) mass is 445 g/mol. The summed E-state index contributed by atoms with van der Waals surface area (Å²) in [7, 11) is 1.54. The van der Waals surface area contributed by atoms with E-state index in [4.69, 9.17) is 15.2 Å². The van der Waals surface area contributed by atoms with Crippen molar-refractivity contribution in [3.63, 3.8) is 0 Å². The Bertz CT molecular complexity index is 1210. The van der Waals surface area contributed by atoms with Gasteiger partial charge in [-0.05, 0) is 31.5 Å². The number of carbonyl (C=O) groups is 1. The number of hydrogen-bond acceptors (Lipinski definition) is 6. The maximum absolute atomic E-state index is 12.5. The van der Waals surface area contributed by atoms with Crippen molar-refractivity contribution in [2.75, 3.05) is 19.5 Å². The molecule has 1 fully saturated rings.